The average Bonchev–Trinajstić information content (AvgIpc) is 2.56. The van der Waals surface area contributed by atoms with Crippen molar-refractivity contribution < 1.29 is 19.1 Å². The Morgan fingerprint density at radius 1 is 1.08 bits per heavy atom. The Labute approximate surface area is 141 Å². The molecule has 1 heterocycles. The van der Waals surface area contributed by atoms with Gasteiger partial charge in [-0.2, -0.15) is 0 Å². The Balaban J connectivity index is 1.86. The Kier molecular flexibility index (Phi) is 7.00. The monoisotopic (exact) mass is 332 g/mol. The van der Waals surface area contributed by atoms with Crippen LogP contribution in [0.25, 0.3) is 11.0 Å². The molecule has 0 saturated carbocycles. The lowest BCUT2D eigenvalue weighted by molar-refractivity contribution is 0.101. The first-order valence-corrected chi connectivity index (χ1v) is 8.44. The number of rotatable bonds is 10. The Morgan fingerprint density at radius 2 is 1.79 bits per heavy atom. The molecule has 0 aliphatic rings. The lowest BCUT2D eigenvalue weighted by Gasteiger charge is -2.07. The van der Waals surface area contributed by atoms with Crippen LogP contribution in [0.3, 0.4) is 0 Å². The number of Topliss-reactive ketones (excluding diaryl/α,β-unsaturated/α-hetero) is 1. The summed E-state index contributed by atoms with van der Waals surface area (Å²) in [5.41, 5.74) is -0.126. The topological polar surface area (TPSA) is 76.7 Å². The molecule has 0 spiro atoms. The van der Waals surface area contributed by atoms with E-state index in [9.17, 15) is 9.59 Å². The van der Waals surface area contributed by atoms with Gasteiger partial charge in [0.15, 0.2) is 5.78 Å². The van der Waals surface area contributed by atoms with Crippen LogP contribution in [0.5, 0.6) is 5.75 Å². The molecule has 2 aromatic rings. The van der Waals surface area contributed by atoms with E-state index in [4.69, 9.17) is 14.3 Å². The van der Waals surface area contributed by atoms with Gasteiger partial charge in [0.1, 0.15) is 16.9 Å². The van der Waals surface area contributed by atoms with E-state index in [0.717, 1.165) is 38.5 Å². The minimum atomic E-state index is -0.616. The van der Waals surface area contributed by atoms with Gasteiger partial charge in [-0.05, 0) is 38.0 Å². The van der Waals surface area contributed by atoms with Crippen LogP contribution in [-0.4, -0.2) is 24.1 Å². The van der Waals surface area contributed by atoms with Crippen molar-refractivity contribution in [3.8, 4) is 5.75 Å². The number of unbranched alkanes of at least 4 members (excludes halogenated alkanes) is 5. The lowest BCUT2D eigenvalue weighted by Crippen LogP contribution is -2.11. The maximum atomic E-state index is 11.7. The number of benzene rings is 1. The summed E-state index contributed by atoms with van der Waals surface area (Å²) in [7, 11) is 0. The molecule has 0 bridgehead atoms. The standard InChI is InChI=1S/C19H24O5/c1-14(21)17-12-15-8-9-16(13-18(15)24-19(17)22)23-11-7-5-3-2-4-6-10-20/h8-9,12-13,20H,2-7,10-11H2,1H3. The fraction of sp³-hybridized carbons (Fsp3) is 0.474. The van der Waals surface area contributed by atoms with Crippen LogP contribution in [0.15, 0.2) is 33.5 Å². The van der Waals surface area contributed by atoms with Gasteiger partial charge in [0.05, 0.1) is 6.61 Å². The number of ketones is 1. The molecule has 1 aromatic heterocycles. The van der Waals surface area contributed by atoms with Crippen molar-refractivity contribution in [2.75, 3.05) is 13.2 Å². The second-order valence-electron chi connectivity index (χ2n) is 5.90. The van der Waals surface area contributed by atoms with Gasteiger partial charge in [0.25, 0.3) is 0 Å². The molecule has 0 saturated heterocycles. The van der Waals surface area contributed by atoms with Gasteiger partial charge in [0.2, 0.25) is 0 Å². The highest BCUT2D eigenvalue weighted by atomic mass is 16.5. The van der Waals surface area contributed by atoms with Crippen molar-refractivity contribution in [1.82, 2.24) is 0 Å². The van der Waals surface area contributed by atoms with Gasteiger partial charge in [-0.1, -0.05) is 25.7 Å². The van der Waals surface area contributed by atoms with Crippen molar-refractivity contribution in [3.63, 3.8) is 0 Å². The number of ether oxygens (including phenoxy) is 1. The molecule has 1 N–H and O–H groups in total. The minimum Gasteiger partial charge on any atom is -0.493 e. The second-order valence-corrected chi connectivity index (χ2v) is 5.90. The molecule has 0 fully saturated rings. The summed E-state index contributed by atoms with van der Waals surface area (Å²) < 4.78 is 10.9. The van der Waals surface area contributed by atoms with Gasteiger partial charge in [0, 0.05) is 18.1 Å². The van der Waals surface area contributed by atoms with E-state index in [0.29, 0.717) is 23.3 Å². The molecule has 130 valence electrons. The zero-order valence-corrected chi connectivity index (χ0v) is 14.0. The van der Waals surface area contributed by atoms with Crippen LogP contribution in [0.4, 0.5) is 0 Å². The van der Waals surface area contributed by atoms with Crippen LogP contribution < -0.4 is 10.4 Å². The molecule has 0 aliphatic heterocycles. The largest absolute Gasteiger partial charge is 0.493 e. The van der Waals surface area contributed by atoms with Crippen LogP contribution in [0.1, 0.15) is 55.8 Å². The third-order valence-corrected chi connectivity index (χ3v) is 3.91. The van der Waals surface area contributed by atoms with E-state index in [1.807, 2.05) is 6.07 Å². The zero-order chi connectivity index (χ0) is 17.4. The van der Waals surface area contributed by atoms with E-state index in [2.05, 4.69) is 0 Å². The molecule has 24 heavy (non-hydrogen) atoms. The van der Waals surface area contributed by atoms with E-state index < -0.39 is 5.63 Å². The minimum absolute atomic E-state index is 0.0670. The number of aliphatic hydroxyl groups is 1. The van der Waals surface area contributed by atoms with Crippen LogP contribution in [0.2, 0.25) is 0 Å². The van der Waals surface area contributed by atoms with Crippen molar-refractivity contribution in [2.45, 2.75) is 45.4 Å². The number of carbonyl (C=O) groups is 1. The van der Waals surface area contributed by atoms with Crippen LogP contribution in [-0.2, 0) is 0 Å². The summed E-state index contributed by atoms with van der Waals surface area (Å²) in [4.78, 5) is 23.1. The molecule has 0 amide bonds. The SMILES string of the molecule is CC(=O)c1cc2ccc(OCCCCCCCCO)cc2oc1=O. The van der Waals surface area contributed by atoms with Crippen molar-refractivity contribution in [1.29, 1.82) is 0 Å². The highest BCUT2D eigenvalue weighted by Crippen LogP contribution is 2.21. The summed E-state index contributed by atoms with van der Waals surface area (Å²) in [6.07, 6.45) is 6.29. The third kappa shape index (κ3) is 5.20. The molecule has 0 unspecified atom stereocenters. The maximum absolute atomic E-state index is 11.7. The molecule has 1 aromatic carbocycles. The molecular formula is C19H24O5. The quantitative estimate of drug-likeness (QED) is 0.408. The molecule has 0 aliphatic carbocycles. The molecule has 2 rings (SSSR count). The van der Waals surface area contributed by atoms with Crippen LogP contribution in [0, 0.1) is 0 Å². The predicted octanol–water partition coefficient (Wildman–Crippen LogP) is 3.71. The molecular weight excluding hydrogens is 308 g/mol. The maximum Gasteiger partial charge on any atom is 0.347 e. The summed E-state index contributed by atoms with van der Waals surface area (Å²) in [5, 5.41) is 9.41. The normalized spacial score (nSPS) is 10.9. The fourth-order valence-corrected chi connectivity index (χ4v) is 2.54. The molecule has 0 atom stereocenters. The highest BCUT2D eigenvalue weighted by molar-refractivity contribution is 5.96. The summed E-state index contributed by atoms with van der Waals surface area (Å²) in [5.74, 6) is 0.353. The average molecular weight is 332 g/mol. The Bertz CT molecular complexity index is 732. The molecule has 5 heteroatoms. The smallest absolute Gasteiger partial charge is 0.347 e. The first-order valence-electron chi connectivity index (χ1n) is 8.44. The number of carbonyl (C=O) groups excluding carboxylic acids is 1. The van der Waals surface area contributed by atoms with Gasteiger partial charge in [-0.15, -0.1) is 0 Å². The Hall–Kier alpha value is -2.14. The van der Waals surface area contributed by atoms with Crippen molar-refractivity contribution >= 4 is 16.8 Å². The van der Waals surface area contributed by atoms with Crippen molar-refractivity contribution in [2.24, 2.45) is 0 Å². The molecule has 5 nitrogen and oxygen atoms in total. The zero-order valence-electron chi connectivity index (χ0n) is 14.0. The number of hydrogen-bond acceptors (Lipinski definition) is 5. The van der Waals surface area contributed by atoms with E-state index in [-0.39, 0.29) is 18.0 Å². The van der Waals surface area contributed by atoms with Gasteiger partial charge in [-0.25, -0.2) is 4.79 Å². The number of hydrogen-bond donors (Lipinski definition) is 1. The van der Waals surface area contributed by atoms with E-state index in [1.165, 1.54) is 6.92 Å². The van der Waals surface area contributed by atoms with Gasteiger partial charge in [-0.3, -0.25) is 4.79 Å². The fourth-order valence-electron chi connectivity index (χ4n) is 2.54. The third-order valence-electron chi connectivity index (χ3n) is 3.91. The van der Waals surface area contributed by atoms with E-state index >= 15 is 0 Å². The predicted molar refractivity (Wildman–Crippen MR) is 92.8 cm³/mol. The van der Waals surface area contributed by atoms with Crippen molar-refractivity contribution in [3.05, 3.63) is 40.2 Å². The first kappa shape index (κ1) is 18.2. The number of aliphatic hydroxyl groups excluding tert-OH is 1. The van der Waals surface area contributed by atoms with Gasteiger partial charge >= 0.3 is 5.63 Å². The highest BCUT2D eigenvalue weighted by Gasteiger charge is 2.10. The lowest BCUT2D eigenvalue weighted by atomic mass is 10.1. The van der Waals surface area contributed by atoms with Crippen LogP contribution >= 0.6 is 0 Å². The summed E-state index contributed by atoms with van der Waals surface area (Å²) in [6, 6.07) is 6.84. The summed E-state index contributed by atoms with van der Waals surface area (Å²) in [6.45, 7) is 2.23. The van der Waals surface area contributed by atoms with E-state index in [1.54, 1.807) is 18.2 Å². The molecule has 0 radical (unpaired) electrons. The Morgan fingerprint density at radius 3 is 2.50 bits per heavy atom. The second kappa shape index (κ2) is 9.23. The summed E-state index contributed by atoms with van der Waals surface area (Å²) >= 11 is 0. The first-order chi connectivity index (χ1) is 11.6. The number of fused-ring (bicyclic) bond motifs is 1. The van der Waals surface area contributed by atoms with Gasteiger partial charge < -0.3 is 14.3 Å².